The smallest absolute Gasteiger partial charge is 0.144 e. The van der Waals surface area contributed by atoms with Gasteiger partial charge in [0.1, 0.15) is 11.2 Å². The number of furan rings is 1. The number of thiophene rings is 1. The van der Waals surface area contributed by atoms with Crippen molar-refractivity contribution in [2.24, 2.45) is 0 Å². The average Bonchev–Trinajstić information content (AvgIpc) is 3.74. The Kier molecular flexibility index (Phi) is 5.25. The number of para-hydroxylation sites is 2. The summed E-state index contributed by atoms with van der Waals surface area (Å²) in [6.45, 7) is 4.75. The van der Waals surface area contributed by atoms with E-state index in [1.165, 1.54) is 58.6 Å². The number of benzene rings is 7. The quantitative estimate of drug-likeness (QED) is 0.199. The Bertz CT molecular complexity index is 2680. The molecule has 0 bridgehead atoms. The van der Waals surface area contributed by atoms with Gasteiger partial charge in [-0.15, -0.1) is 11.3 Å². The summed E-state index contributed by atoms with van der Waals surface area (Å²) < 4.78 is 9.48. The minimum Gasteiger partial charge on any atom is -0.455 e. The lowest BCUT2D eigenvalue weighted by atomic mass is 9.79. The molecule has 0 N–H and O–H groups in total. The summed E-state index contributed by atoms with van der Waals surface area (Å²) >= 11 is 1.86. The van der Waals surface area contributed by atoms with E-state index in [4.69, 9.17) is 4.42 Å². The number of hydrogen-bond donors (Lipinski definition) is 0. The summed E-state index contributed by atoms with van der Waals surface area (Å²) in [4.78, 5) is 2.44. The van der Waals surface area contributed by atoms with Crippen molar-refractivity contribution in [1.29, 1.82) is 0 Å². The average molecular weight is 608 g/mol. The van der Waals surface area contributed by atoms with E-state index in [1.54, 1.807) is 0 Å². The minimum atomic E-state index is -0.231. The van der Waals surface area contributed by atoms with Gasteiger partial charge in [-0.2, -0.15) is 0 Å². The Morgan fingerprint density at radius 1 is 0.543 bits per heavy atom. The van der Waals surface area contributed by atoms with Gasteiger partial charge in [0.15, 0.2) is 0 Å². The number of fused-ring (bicyclic) bond motifs is 13. The van der Waals surface area contributed by atoms with E-state index in [0.29, 0.717) is 0 Å². The summed E-state index contributed by atoms with van der Waals surface area (Å²) in [6, 6.07) is 50.6. The van der Waals surface area contributed by atoms with Gasteiger partial charge >= 0.3 is 0 Å². The molecule has 46 heavy (non-hydrogen) atoms. The van der Waals surface area contributed by atoms with Gasteiger partial charge < -0.3 is 9.32 Å². The van der Waals surface area contributed by atoms with Crippen LogP contribution >= 0.6 is 11.3 Å². The molecule has 7 aromatic carbocycles. The molecule has 0 radical (unpaired) electrons. The van der Waals surface area contributed by atoms with E-state index in [-0.39, 0.29) is 5.41 Å². The zero-order chi connectivity index (χ0) is 30.6. The second-order valence-corrected chi connectivity index (χ2v) is 14.0. The molecule has 0 spiro atoms. The molecule has 1 aliphatic rings. The lowest BCUT2D eigenvalue weighted by Crippen LogP contribution is -2.16. The maximum Gasteiger partial charge on any atom is 0.144 e. The number of anilines is 3. The van der Waals surface area contributed by atoms with Gasteiger partial charge in [-0.1, -0.05) is 111 Å². The number of hydrogen-bond acceptors (Lipinski definition) is 3. The van der Waals surface area contributed by atoms with Crippen molar-refractivity contribution in [2.45, 2.75) is 19.3 Å². The summed E-state index contributed by atoms with van der Waals surface area (Å²) in [6.07, 6.45) is 0. The fraction of sp³-hybridized carbons (Fsp3) is 0.0698. The number of rotatable bonds is 3. The van der Waals surface area contributed by atoms with Crippen molar-refractivity contribution in [3.63, 3.8) is 0 Å². The third-order valence-electron chi connectivity index (χ3n) is 10.0. The van der Waals surface area contributed by atoms with E-state index in [1.807, 2.05) is 11.3 Å². The molecule has 0 aliphatic heterocycles. The Morgan fingerprint density at radius 3 is 2.09 bits per heavy atom. The zero-order valence-electron chi connectivity index (χ0n) is 25.5. The van der Waals surface area contributed by atoms with Crippen molar-refractivity contribution >= 4 is 81.3 Å². The summed E-state index contributed by atoms with van der Waals surface area (Å²) in [5.74, 6) is 0. The van der Waals surface area contributed by atoms with Crippen LogP contribution in [0.5, 0.6) is 0 Å². The molecule has 9 aromatic rings. The molecule has 2 nitrogen and oxygen atoms in total. The Labute approximate surface area is 270 Å². The van der Waals surface area contributed by atoms with Crippen molar-refractivity contribution in [3.05, 3.63) is 151 Å². The minimum absolute atomic E-state index is 0.231. The highest BCUT2D eigenvalue weighted by Gasteiger charge is 2.42. The van der Waals surface area contributed by atoms with Gasteiger partial charge in [0.25, 0.3) is 0 Å². The van der Waals surface area contributed by atoms with E-state index < -0.39 is 0 Å². The zero-order valence-corrected chi connectivity index (χ0v) is 26.4. The van der Waals surface area contributed by atoms with Crippen molar-refractivity contribution in [3.8, 4) is 11.1 Å². The summed E-state index contributed by atoms with van der Waals surface area (Å²) in [7, 11) is 0. The summed E-state index contributed by atoms with van der Waals surface area (Å²) in [5.41, 5.74) is 10.2. The Morgan fingerprint density at radius 2 is 1.24 bits per heavy atom. The number of nitrogens with zero attached hydrogens (tertiary/aromatic N) is 1. The second kappa shape index (κ2) is 9.32. The van der Waals surface area contributed by atoms with Gasteiger partial charge in [-0.3, -0.25) is 0 Å². The van der Waals surface area contributed by atoms with E-state index in [9.17, 15) is 0 Å². The highest BCUT2D eigenvalue weighted by molar-refractivity contribution is 7.25. The SMILES string of the molecule is CC1(C)c2cccc(N(c3ccccc3)c3ccc4c(c3)sc3ccccc34)c2-c2c1c1ccccc1c1c2oc2ccccc21. The van der Waals surface area contributed by atoms with E-state index >= 15 is 0 Å². The lowest BCUT2D eigenvalue weighted by Gasteiger charge is -2.28. The topological polar surface area (TPSA) is 16.4 Å². The van der Waals surface area contributed by atoms with E-state index in [2.05, 4.69) is 158 Å². The van der Waals surface area contributed by atoms with Crippen LogP contribution < -0.4 is 4.90 Å². The van der Waals surface area contributed by atoms with E-state index in [0.717, 1.165) is 33.6 Å². The lowest BCUT2D eigenvalue weighted by molar-refractivity contribution is 0.657. The van der Waals surface area contributed by atoms with Gasteiger partial charge in [0.05, 0.1) is 5.69 Å². The molecule has 0 fully saturated rings. The highest BCUT2D eigenvalue weighted by Crippen LogP contribution is 2.59. The Hall–Kier alpha value is -5.38. The standard InChI is InChI=1S/C43H29NOS/c1-43(2)33-19-12-20-34(39(33)40-41(43)31-17-7-6-16-30(31)38-32-18-8-10-21-35(32)45-42(38)40)44(26-13-4-3-5-14-26)27-23-24-29-28-15-9-11-22-36(28)46-37(29)25-27/h3-25H,1-2H3. The van der Waals surface area contributed by atoms with Gasteiger partial charge in [-0.05, 0) is 64.4 Å². The molecule has 2 heterocycles. The van der Waals surface area contributed by atoms with Gasteiger partial charge in [0, 0.05) is 58.9 Å². The second-order valence-electron chi connectivity index (χ2n) is 12.9. The first-order valence-corrected chi connectivity index (χ1v) is 16.7. The van der Waals surface area contributed by atoms with Crippen LogP contribution in [0.3, 0.4) is 0 Å². The van der Waals surface area contributed by atoms with Crippen molar-refractivity contribution in [1.82, 2.24) is 0 Å². The molecule has 3 heteroatoms. The monoisotopic (exact) mass is 607 g/mol. The van der Waals surface area contributed by atoms with Gasteiger partial charge in [-0.25, -0.2) is 0 Å². The summed E-state index contributed by atoms with van der Waals surface area (Å²) in [5, 5.41) is 7.52. The van der Waals surface area contributed by atoms with Crippen LogP contribution in [-0.2, 0) is 5.41 Å². The third-order valence-corrected chi connectivity index (χ3v) is 11.1. The first-order chi connectivity index (χ1) is 22.6. The van der Waals surface area contributed by atoms with Crippen LogP contribution in [0, 0.1) is 0 Å². The predicted molar refractivity (Wildman–Crippen MR) is 196 cm³/mol. The fourth-order valence-electron chi connectivity index (χ4n) is 8.05. The molecular formula is C43H29NOS. The van der Waals surface area contributed by atoms with Crippen LogP contribution in [0.2, 0.25) is 0 Å². The van der Waals surface area contributed by atoms with Crippen LogP contribution in [0.4, 0.5) is 17.1 Å². The molecular weight excluding hydrogens is 579 g/mol. The first kappa shape index (κ1) is 25.9. The first-order valence-electron chi connectivity index (χ1n) is 15.9. The van der Waals surface area contributed by atoms with Crippen LogP contribution in [0.25, 0.3) is 64.0 Å². The molecule has 10 rings (SSSR count). The van der Waals surface area contributed by atoms with Gasteiger partial charge in [0.2, 0.25) is 0 Å². The highest BCUT2D eigenvalue weighted by atomic mass is 32.1. The Balaban J connectivity index is 1.33. The normalized spacial score (nSPS) is 13.6. The molecule has 0 unspecified atom stereocenters. The fourth-order valence-corrected chi connectivity index (χ4v) is 9.19. The molecule has 2 aromatic heterocycles. The molecule has 0 saturated heterocycles. The third kappa shape index (κ3) is 3.41. The molecule has 1 aliphatic carbocycles. The largest absolute Gasteiger partial charge is 0.455 e. The van der Waals surface area contributed by atoms with Crippen molar-refractivity contribution < 1.29 is 4.42 Å². The van der Waals surface area contributed by atoms with Crippen LogP contribution in [0.1, 0.15) is 25.0 Å². The predicted octanol–water partition coefficient (Wildman–Crippen LogP) is 12.9. The van der Waals surface area contributed by atoms with Crippen molar-refractivity contribution in [2.75, 3.05) is 4.90 Å². The molecule has 218 valence electrons. The molecule has 0 saturated carbocycles. The maximum absolute atomic E-state index is 6.87. The van der Waals surface area contributed by atoms with Crippen LogP contribution in [-0.4, -0.2) is 0 Å². The maximum atomic E-state index is 6.87. The van der Waals surface area contributed by atoms with Crippen LogP contribution in [0.15, 0.2) is 144 Å². The molecule has 0 amide bonds. The molecule has 0 atom stereocenters.